The van der Waals surface area contributed by atoms with Crippen LogP contribution in [0.4, 0.5) is 0 Å². The summed E-state index contributed by atoms with van der Waals surface area (Å²) in [6.45, 7) is 1.58. The van der Waals surface area contributed by atoms with Crippen molar-refractivity contribution in [2.45, 2.75) is 0 Å². The van der Waals surface area contributed by atoms with E-state index in [9.17, 15) is 4.79 Å². The first-order chi connectivity index (χ1) is 6.33. The first-order valence-corrected chi connectivity index (χ1v) is 4.12. The van der Waals surface area contributed by atoms with Gasteiger partial charge in [-0.1, -0.05) is 29.8 Å². The Morgan fingerprint density at radius 3 is 2.69 bits per heavy atom. The number of halogens is 1. The maximum absolute atomic E-state index is 9.66. The molecule has 0 atom stereocenters. The monoisotopic (exact) mass is 195 g/mol. The molecule has 0 spiro atoms. The topological polar surface area (TPSA) is 26.3 Å². The highest BCUT2D eigenvalue weighted by Gasteiger charge is 1.86. The van der Waals surface area contributed by atoms with Crippen LogP contribution in [0.3, 0.4) is 0 Å². The van der Waals surface area contributed by atoms with Crippen LogP contribution in [-0.2, 0) is 9.53 Å². The highest BCUT2D eigenvalue weighted by molar-refractivity contribution is 6.30. The number of rotatable bonds is 4. The Morgan fingerprint density at radius 2 is 2.08 bits per heavy atom. The molecule has 67 valence electrons. The fraction of sp³-hybridized carbons (Fsp3) is 0.100. The molecule has 0 amide bonds. The van der Waals surface area contributed by atoms with E-state index in [0.29, 0.717) is 5.02 Å². The Labute approximate surface area is 81.8 Å². The molecule has 1 radical (unpaired) electrons. The zero-order valence-corrected chi connectivity index (χ0v) is 7.62. The quantitative estimate of drug-likeness (QED) is 0.690. The number of hydrogen-bond donors (Lipinski definition) is 0. The highest BCUT2D eigenvalue weighted by Crippen LogP contribution is 2.10. The van der Waals surface area contributed by atoms with E-state index in [0.717, 1.165) is 5.56 Å². The molecule has 1 rings (SSSR count). The zero-order chi connectivity index (χ0) is 9.52. The normalized spacial score (nSPS) is 10.2. The molecule has 0 bridgehead atoms. The molecule has 13 heavy (non-hydrogen) atoms. The second-order valence-corrected chi connectivity index (χ2v) is 2.78. The van der Waals surface area contributed by atoms with Crippen LogP contribution in [-0.4, -0.2) is 13.1 Å². The molecule has 0 N–H and O–H groups in total. The van der Waals surface area contributed by atoms with Crippen LogP contribution >= 0.6 is 11.6 Å². The third-order valence-corrected chi connectivity index (χ3v) is 1.67. The predicted octanol–water partition coefficient (Wildman–Crippen LogP) is 2.44. The standard InChI is InChI=1S/C10H8ClO2/c11-10-5-3-9(4-6-10)2-1-7-13-8-12/h1-6H,7H2. The van der Waals surface area contributed by atoms with Gasteiger partial charge in [-0.25, -0.2) is 4.79 Å². The minimum absolute atomic E-state index is 0.242. The molecule has 2 nitrogen and oxygen atoms in total. The fourth-order valence-electron chi connectivity index (χ4n) is 0.840. The van der Waals surface area contributed by atoms with E-state index in [2.05, 4.69) is 4.74 Å². The van der Waals surface area contributed by atoms with Gasteiger partial charge in [0.15, 0.2) is 0 Å². The molecular weight excluding hydrogens is 188 g/mol. The number of carbonyl (C=O) groups excluding carboxylic acids is 1. The van der Waals surface area contributed by atoms with Crippen LogP contribution in [0.15, 0.2) is 30.3 Å². The molecule has 0 heterocycles. The molecular formula is C10H8ClO2. The molecule has 0 aliphatic heterocycles. The molecule has 0 aliphatic carbocycles. The highest BCUT2D eigenvalue weighted by atomic mass is 35.5. The minimum Gasteiger partial charge on any atom is -0.453 e. The Morgan fingerprint density at radius 1 is 1.38 bits per heavy atom. The van der Waals surface area contributed by atoms with Gasteiger partial charge in [-0.15, -0.1) is 0 Å². The van der Waals surface area contributed by atoms with Gasteiger partial charge in [0.05, 0.1) is 0 Å². The second kappa shape index (κ2) is 5.38. The van der Waals surface area contributed by atoms with Crippen molar-refractivity contribution in [1.82, 2.24) is 0 Å². The van der Waals surface area contributed by atoms with Crippen molar-refractivity contribution < 1.29 is 9.53 Å². The van der Waals surface area contributed by atoms with E-state index in [-0.39, 0.29) is 6.61 Å². The largest absolute Gasteiger partial charge is 0.453 e. The van der Waals surface area contributed by atoms with Crippen molar-refractivity contribution in [3.8, 4) is 0 Å². The molecule has 0 aromatic heterocycles. The Balaban J connectivity index is 2.49. The lowest BCUT2D eigenvalue weighted by atomic mass is 10.2. The van der Waals surface area contributed by atoms with Crippen LogP contribution in [0, 0.1) is 0 Å². The second-order valence-electron chi connectivity index (χ2n) is 2.35. The van der Waals surface area contributed by atoms with Gasteiger partial charge in [0.2, 0.25) is 0 Å². The van der Waals surface area contributed by atoms with E-state index in [1.165, 1.54) is 6.47 Å². The average molecular weight is 196 g/mol. The smallest absolute Gasteiger partial charge is 0.417 e. The third-order valence-electron chi connectivity index (χ3n) is 1.42. The molecule has 0 saturated carbocycles. The molecule has 0 fully saturated rings. The fourth-order valence-corrected chi connectivity index (χ4v) is 0.966. The summed E-state index contributed by atoms with van der Waals surface area (Å²) in [7, 11) is 0. The van der Waals surface area contributed by atoms with Crippen molar-refractivity contribution in [2.24, 2.45) is 0 Å². The van der Waals surface area contributed by atoms with Gasteiger partial charge in [-0.2, -0.15) is 0 Å². The first kappa shape index (κ1) is 9.81. The van der Waals surface area contributed by atoms with Crippen LogP contribution < -0.4 is 0 Å². The summed E-state index contributed by atoms with van der Waals surface area (Å²) in [5.74, 6) is 0. The summed E-state index contributed by atoms with van der Waals surface area (Å²) < 4.78 is 4.36. The maximum Gasteiger partial charge on any atom is 0.417 e. The third kappa shape index (κ3) is 3.76. The Kier molecular flexibility index (Phi) is 4.06. The molecule has 0 unspecified atom stereocenters. The van der Waals surface area contributed by atoms with E-state index in [1.54, 1.807) is 18.2 Å². The summed E-state index contributed by atoms with van der Waals surface area (Å²) in [5.41, 5.74) is 1.01. The maximum atomic E-state index is 9.66. The lowest BCUT2D eigenvalue weighted by Crippen LogP contribution is -1.84. The number of ether oxygens (including phenoxy) is 1. The van der Waals surface area contributed by atoms with Crippen molar-refractivity contribution in [1.29, 1.82) is 0 Å². The first-order valence-electron chi connectivity index (χ1n) is 3.74. The lowest BCUT2D eigenvalue weighted by Gasteiger charge is -1.93. The summed E-state index contributed by atoms with van der Waals surface area (Å²) in [6, 6.07) is 7.36. The zero-order valence-electron chi connectivity index (χ0n) is 6.87. The van der Waals surface area contributed by atoms with Crippen LogP contribution in [0.25, 0.3) is 6.08 Å². The van der Waals surface area contributed by atoms with E-state index in [1.807, 2.05) is 18.2 Å². The van der Waals surface area contributed by atoms with Gasteiger partial charge in [-0.05, 0) is 23.8 Å². The Hall–Kier alpha value is -1.28. The molecule has 1 aromatic rings. The summed E-state index contributed by atoms with van der Waals surface area (Å²) in [6.07, 6.45) is 3.57. The Bertz CT molecular complexity index is 290. The van der Waals surface area contributed by atoms with E-state index < -0.39 is 0 Å². The van der Waals surface area contributed by atoms with Gasteiger partial charge in [0, 0.05) is 5.02 Å². The van der Waals surface area contributed by atoms with Crippen molar-refractivity contribution in [3.05, 3.63) is 40.9 Å². The van der Waals surface area contributed by atoms with Gasteiger partial charge in [0.1, 0.15) is 6.61 Å². The molecule has 0 saturated heterocycles. The lowest BCUT2D eigenvalue weighted by molar-refractivity contribution is 0.314. The molecule has 1 aromatic carbocycles. The van der Waals surface area contributed by atoms with Crippen molar-refractivity contribution in [3.63, 3.8) is 0 Å². The summed E-state index contributed by atoms with van der Waals surface area (Å²) >= 11 is 5.70. The van der Waals surface area contributed by atoms with Crippen molar-refractivity contribution >= 4 is 24.1 Å². The predicted molar refractivity (Wildman–Crippen MR) is 52.1 cm³/mol. The van der Waals surface area contributed by atoms with Gasteiger partial charge in [-0.3, -0.25) is 0 Å². The van der Waals surface area contributed by atoms with E-state index >= 15 is 0 Å². The number of benzene rings is 1. The van der Waals surface area contributed by atoms with Crippen LogP contribution in [0.5, 0.6) is 0 Å². The van der Waals surface area contributed by atoms with E-state index in [4.69, 9.17) is 11.6 Å². The van der Waals surface area contributed by atoms with Crippen molar-refractivity contribution in [2.75, 3.05) is 6.61 Å². The average Bonchev–Trinajstić information content (AvgIpc) is 2.15. The van der Waals surface area contributed by atoms with Crippen LogP contribution in [0.2, 0.25) is 5.02 Å². The summed E-state index contributed by atoms with van der Waals surface area (Å²) in [4.78, 5) is 9.66. The van der Waals surface area contributed by atoms with Gasteiger partial charge < -0.3 is 4.74 Å². The molecule has 3 heteroatoms. The number of hydrogen-bond acceptors (Lipinski definition) is 2. The SMILES string of the molecule is O=[C]OCC=Cc1ccc(Cl)cc1. The summed E-state index contributed by atoms with van der Waals surface area (Å²) in [5, 5.41) is 0.703. The van der Waals surface area contributed by atoms with Gasteiger partial charge in [0.25, 0.3) is 0 Å². The van der Waals surface area contributed by atoms with Gasteiger partial charge >= 0.3 is 6.47 Å². The minimum atomic E-state index is 0.242. The van der Waals surface area contributed by atoms with Crippen LogP contribution in [0.1, 0.15) is 5.56 Å². The molecule has 0 aliphatic rings.